The van der Waals surface area contributed by atoms with Crippen LogP contribution >= 0.6 is 15.9 Å². The van der Waals surface area contributed by atoms with Crippen molar-refractivity contribution in [3.63, 3.8) is 0 Å². The van der Waals surface area contributed by atoms with Gasteiger partial charge in [0.05, 0.1) is 5.56 Å². The average molecular weight is 325 g/mol. The number of nitrogens with zero attached hydrogens (tertiary/aromatic N) is 1. The molecule has 1 saturated carbocycles. The Morgan fingerprint density at radius 3 is 2.63 bits per heavy atom. The minimum atomic E-state index is -0.119. The highest BCUT2D eigenvalue weighted by molar-refractivity contribution is 9.10. The highest BCUT2D eigenvalue weighted by Crippen LogP contribution is 2.26. The van der Waals surface area contributed by atoms with E-state index in [4.69, 9.17) is 0 Å². The van der Waals surface area contributed by atoms with Gasteiger partial charge < -0.3 is 10.2 Å². The minimum Gasteiger partial charge on any atom is -0.350 e. The largest absolute Gasteiger partial charge is 0.350 e. The molecule has 102 valence electrons. The number of hydrogen-bond donors (Lipinski definition) is 1. The third-order valence-electron chi connectivity index (χ3n) is 3.15. The van der Waals surface area contributed by atoms with Crippen LogP contribution in [0.4, 0.5) is 0 Å². The van der Waals surface area contributed by atoms with Crippen LogP contribution < -0.4 is 5.32 Å². The predicted octanol–water partition coefficient (Wildman–Crippen LogP) is 2.19. The zero-order valence-electron chi connectivity index (χ0n) is 10.9. The van der Waals surface area contributed by atoms with Crippen molar-refractivity contribution in [2.24, 2.45) is 0 Å². The second kappa shape index (κ2) is 6.19. The van der Waals surface area contributed by atoms with Gasteiger partial charge in [-0.3, -0.25) is 9.59 Å². The molecule has 5 heteroatoms. The zero-order chi connectivity index (χ0) is 13.8. The van der Waals surface area contributed by atoms with Crippen LogP contribution in [0.1, 0.15) is 30.1 Å². The highest BCUT2D eigenvalue weighted by atomic mass is 79.9. The van der Waals surface area contributed by atoms with Gasteiger partial charge >= 0.3 is 0 Å². The number of benzene rings is 1. The Hall–Kier alpha value is -1.36. The molecule has 0 aliphatic heterocycles. The van der Waals surface area contributed by atoms with Gasteiger partial charge in [-0.25, -0.2) is 0 Å². The smallest absolute Gasteiger partial charge is 0.252 e. The number of carbonyl (C=O) groups is 2. The molecule has 0 heterocycles. The summed E-state index contributed by atoms with van der Waals surface area (Å²) in [5.41, 5.74) is 0.614. The molecular weight excluding hydrogens is 308 g/mol. The Balaban J connectivity index is 1.84. The second-order valence-electron chi connectivity index (χ2n) is 4.68. The molecule has 0 atom stereocenters. The monoisotopic (exact) mass is 324 g/mol. The standard InChI is InChI=1S/C14H17BrN2O2/c1-10(18)17(11-6-7-11)9-8-16-14(19)12-4-2-3-5-13(12)15/h2-5,11H,6-9H2,1H3,(H,16,19). The fourth-order valence-electron chi connectivity index (χ4n) is 2.01. The molecule has 1 aromatic carbocycles. The van der Waals surface area contributed by atoms with E-state index in [9.17, 15) is 9.59 Å². The van der Waals surface area contributed by atoms with Crippen LogP contribution in [0.25, 0.3) is 0 Å². The second-order valence-corrected chi connectivity index (χ2v) is 5.53. The molecule has 0 bridgehead atoms. The number of hydrogen-bond acceptors (Lipinski definition) is 2. The van der Waals surface area contributed by atoms with Gasteiger partial charge in [0, 0.05) is 30.5 Å². The van der Waals surface area contributed by atoms with Crippen molar-refractivity contribution >= 4 is 27.7 Å². The fourth-order valence-corrected chi connectivity index (χ4v) is 2.48. The summed E-state index contributed by atoms with van der Waals surface area (Å²) in [6.45, 7) is 2.64. The maximum Gasteiger partial charge on any atom is 0.252 e. The van der Waals surface area contributed by atoms with Crippen LogP contribution in [-0.2, 0) is 4.79 Å². The number of amides is 2. The molecule has 0 aromatic heterocycles. The van der Waals surface area contributed by atoms with Crippen molar-refractivity contribution in [3.05, 3.63) is 34.3 Å². The maximum atomic E-state index is 12.0. The first-order chi connectivity index (χ1) is 9.09. The Kier molecular flexibility index (Phi) is 4.58. The van der Waals surface area contributed by atoms with Crippen molar-refractivity contribution in [1.82, 2.24) is 10.2 Å². The van der Waals surface area contributed by atoms with Crippen LogP contribution in [0.2, 0.25) is 0 Å². The van der Waals surface area contributed by atoms with Crippen LogP contribution in [0.3, 0.4) is 0 Å². The molecule has 1 aromatic rings. The molecule has 1 aliphatic carbocycles. The van der Waals surface area contributed by atoms with Crippen LogP contribution in [0.15, 0.2) is 28.7 Å². The normalized spacial score (nSPS) is 14.0. The lowest BCUT2D eigenvalue weighted by Gasteiger charge is -2.20. The van der Waals surface area contributed by atoms with E-state index in [1.54, 1.807) is 13.0 Å². The number of nitrogens with one attached hydrogen (secondary N) is 1. The molecule has 4 nitrogen and oxygen atoms in total. The lowest BCUT2D eigenvalue weighted by molar-refractivity contribution is -0.129. The highest BCUT2D eigenvalue weighted by Gasteiger charge is 2.30. The molecule has 0 spiro atoms. The van der Waals surface area contributed by atoms with Crippen molar-refractivity contribution < 1.29 is 9.59 Å². The van der Waals surface area contributed by atoms with Gasteiger partial charge in [0.1, 0.15) is 0 Å². The van der Waals surface area contributed by atoms with E-state index in [2.05, 4.69) is 21.2 Å². The van der Waals surface area contributed by atoms with Crippen molar-refractivity contribution in [2.45, 2.75) is 25.8 Å². The first-order valence-electron chi connectivity index (χ1n) is 6.39. The third-order valence-corrected chi connectivity index (χ3v) is 3.84. The Morgan fingerprint density at radius 1 is 1.37 bits per heavy atom. The van der Waals surface area contributed by atoms with Crippen LogP contribution in [-0.4, -0.2) is 35.8 Å². The summed E-state index contributed by atoms with van der Waals surface area (Å²) in [7, 11) is 0. The average Bonchev–Trinajstić information content (AvgIpc) is 3.18. The van der Waals surface area contributed by atoms with Gasteiger partial charge in [-0.1, -0.05) is 12.1 Å². The van der Waals surface area contributed by atoms with E-state index in [-0.39, 0.29) is 11.8 Å². The van der Waals surface area contributed by atoms with Gasteiger partial charge in [-0.2, -0.15) is 0 Å². The van der Waals surface area contributed by atoms with Crippen molar-refractivity contribution in [2.75, 3.05) is 13.1 Å². The van der Waals surface area contributed by atoms with Gasteiger partial charge in [-0.15, -0.1) is 0 Å². The molecular formula is C14H17BrN2O2. The minimum absolute atomic E-state index is 0.0811. The summed E-state index contributed by atoms with van der Waals surface area (Å²) in [5, 5.41) is 2.84. The molecule has 2 amide bonds. The van der Waals surface area contributed by atoms with Gasteiger partial charge in [0.25, 0.3) is 5.91 Å². The summed E-state index contributed by atoms with van der Waals surface area (Å²) >= 11 is 3.35. The Morgan fingerprint density at radius 2 is 2.05 bits per heavy atom. The Labute approximate surface area is 121 Å². The molecule has 0 unspecified atom stereocenters. The van der Waals surface area contributed by atoms with E-state index >= 15 is 0 Å². The first kappa shape index (κ1) is 14.1. The first-order valence-corrected chi connectivity index (χ1v) is 7.19. The molecule has 2 rings (SSSR count). The number of rotatable bonds is 5. The lowest BCUT2D eigenvalue weighted by atomic mass is 10.2. The molecule has 1 aliphatic rings. The van der Waals surface area contributed by atoms with E-state index < -0.39 is 0 Å². The van der Waals surface area contributed by atoms with E-state index in [1.807, 2.05) is 23.1 Å². The lowest BCUT2D eigenvalue weighted by Crippen LogP contribution is -2.38. The summed E-state index contributed by atoms with van der Waals surface area (Å²) < 4.78 is 0.776. The zero-order valence-corrected chi connectivity index (χ0v) is 12.4. The van der Waals surface area contributed by atoms with E-state index in [0.29, 0.717) is 24.7 Å². The van der Waals surface area contributed by atoms with Crippen molar-refractivity contribution in [3.8, 4) is 0 Å². The molecule has 1 N–H and O–H groups in total. The predicted molar refractivity (Wildman–Crippen MR) is 76.9 cm³/mol. The van der Waals surface area contributed by atoms with E-state index in [0.717, 1.165) is 17.3 Å². The topological polar surface area (TPSA) is 49.4 Å². The fraction of sp³-hybridized carbons (Fsp3) is 0.429. The number of halogens is 1. The van der Waals surface area contributed by atoms with Gasteiger partial charge in [-0.05, 0) is 40.9 Å². The Bertz CT molecular complexity index is 486. The maximum absolute atomic E-state index is 12.0. The third kappa shape index (κ3) is 3.80. The van der Waals surface area contributed by atoms with Crippen LogP contribution in [0, 0.1) is 0 Å². The number of carbonyl (C=O) groups excluding carboxylic acids is 2. The summed E-state index contributed by atoms with van der Waals surface area (Å²) in [5.74, 6) is -0.0376. The molecule has 19 heavy (non-hydrogen) atoms. The summed E-state index contributed by atoms with van der Waals surface area (Å²) in [6, 6.07) is 7.68. The van der Waals surface area contributed by atoms with Crippen LogP contribution in [0.5, 0.6) is 0 Å². The van der Waals surface area contributed by atoms with Crippen molar-refractivity contribution in [1.29, 1.82) is 0 Å². The van der Waals surface area contributed by atoms with Gasteiger partial charge in [0.2, 0.25) is 5.91 Å². The molecule has 0 radical (unpaired) electrons. The summed E-state index contributed by atoms with van der Waals surface area (Å²) in [4.78, 5) is 25.2. The van der Waals surface area contributed by atoms with Gasteiger partial charge in [0.15, 0.2) is 0 Å². The van der Waals surface area contributed by atoms with E-state index in [1.165, 1.54) is 0 Å². The SMILES string of the molecule is CC(=O)N(CCNC(=O)c1ccccc1Br)C1CC1. The molecule has 0 saturated heterocycles. The quantitative estimate of drug-likeness (QED) is 0.902. The summed E-state index contributed by atoms with van der Waals surface area (Å²) in [6.07, 6.45) is 2.16. The molecule has 1 fully saturated rings.